The first kappa shape index (κ1) is 15.9. The zero-order chi connectivity index (χ0) is 15.6. The molecule has 0 aromatic heterocycles. The number of halogens is 3. The molecule has 0 heterocycles. The minimum atomic E-state index is -0.568. The van der Waals surface area contributed by atoms with Crippen LogP contribution in [0.25, 0.3) is 0 Å². The molecule has 2 aromatic rings. The van der Waals surface area contributed by atoms with Gasteiger partial charge < -0.3 is 9.47 Å². The molecule has 5 heteroatoms. The fraction of sp³-hybridized carbons (Fsp3) is 0.250. The minimum absolute atomic E-state index is 0.281. The lowest BCUT2D eigenvalue weighted by atomic mass is 10.0. The van der Waals surface area contributed by atoms with Gasteiger partial charge in [0.1, 0.15) is 17.3 Å². The van der Waals surface area contributed by atoms with Gasteiger partial charge in [-0.15, -0.1) is 11.6 Å². The summed E-state index contributed by atoms with van der Waals surface area (Å²) < 4.78 is 24.0. The Labute approximate surface area is 133 Å². The molecule has 1 unspecified atom stereocenters. The van der Waals surface area contributed by atoms with Gasteiger partial charge >= 0.3 is 0 Å². The van der Waals surface area contributed by atoms with Gasteiger partial charge in [-0.2, -0.15) is 0 Å². The van der Waals surface area contributed by atoms with Crippen LogP contribution in [0, 0.1) is 12.7 Å². The smallest absolute Gasteiger partial charge is 0.127 e. The zero-order valence-corrected chi connectivity index (χ0v) is 13.4. The molecule has 0 saturated carbocycles. The topological polar surface area (TPSA) is 18.5 Å². The molecule has 2 rings (SSSR count). The van der Waals surface area contributed by atoms with Crippen molar-refractivity contribution >= 4 is 23.2 Å². The fourth-order valence-corrected chi connectivity index (χ4v) is 2.75. The van der Waals surface area contributed by atoms with Gasteiger partial charge in [0.15, 0.2) is 0 Å². The van der Waals surface area contributed by atoms with Gasteiger partial charge in [-0.3, -0.25) is 0 Å². The predicted octanol–water partition coefficient (Wildman–Crippen LogP) is 5.13. The quantitative estimate of drug-likeness (QED) is 0.724. The Bertz CT molecular complexity index is 659. The second-order valence-electron chi connectivity index (χ2n) is 4.59. The van der Waals surface area contributed by atoms with Crippen LogP contribution in [0.15, 0.2) is 30.3 Å². The van der Waals surface area contributed by atoms with Crippen LogP contribution in [0.1, 0.15) is 22.1 Å². The van der Waals surface area contributed by atoms with E-state index < -0.39 is 5.38 Å². The van der Waals surface area contributed by atoms with Crippen LogP contribution in [-0.2, 0) is 0 Å². The summed E-state index contributed by atoms with van der Waals surface area (Å²) in [5.74, 6) is 0.922. The lowest BCUT2D eigenvalue weighted by molar-refractivity contribution is 0.399. The molecule has 0 radical (unpaired) electrons. The number of ether oxygens (including phenoxy) is 2. The summed E-state index contributed by atoms with van der Waals surface area (Å²) in [4.78, 5) is 0. The summed E-state index contributed by atoms with van der Waals surface area (Å²) >= 11 is 12.7. The van der Waals surface area contributed by atoms with Gasteiger partial charge in [-0.1, -0.05) is 11.6 Å². The Morgan fingerprint density at radius 2 is 1.76 bits per heavy atom. The highest BCUT2D eigenvalue weighted by atomic mass is 35.5. The SMILES string of the molecule is COc1ccc(OC)c(C(Cl)c2cc(C)c(F)cc2Cl)c1. The molecular weight excluding hydrogens is 314 g/mol. The Morgan fingerprint density at radius 1 is 1.05 bits per heavy atom. The van der Waals surface area contributed by atoms with Crippen molar-refractivity contribution in [1.29, 1.82) is 0 Å². The summed E-state index contributed by atoms with van der Waals surface area (Å²) in [7, 11) is 3.14. The first-order chi connectivity index (χ1) is 9.97. The van der Waals surface area contributed by atoms with E-state index in [2.05, 4.69) is 0 Å². The van der Waals surface area contributed by atoms with Crippen LogP contribution in [0.3, 0.4) is 0 Å². The van der Waals surface area contributed by atoms with E-state index in [4.69, 9.17) is 32.7 Å². The van der Waals surface area contributed by atoms with Gasteiger partial charge in [0.25, 0.3) is 0 Å². The number of hydrogen-bond acceptors (Lipinski definition) is 2. The average Bonchev–Trinajstić information content (AvgIpc) is 2.49. The third-order valence-electron chi connectivity index (χ3n) is 3.26. The van der Waals surface area contributed by atoms with Crippen LogP contribution >= 0.6 is 23.2 Å². The van der Waals surface area contributed by atoms with Gasteiger partial charge in [-0.05, 0) is 48.4 Å². The van der Waals surface area contributed by atoms with Crippen LogP contribution in [0.5, 0.6) is 11.5 Å². The maximum atomic E-state index is 13.5. The normalized spacial score (nSPS) is 12.1. The van der Waals surface area contributed by atoms with Crippen molar-refractivity contribution in [1.82, 2.24) is 0 Å². The fourth-order valence-electron chi connectivity index (χ4n) is 2.08. The van der Waals surface area contributed by atoms with Gasteiger partial charge in [0.2, 0.25) is 0 Å². The number of aryl methyl sites for hydroxylation is 1. The van der Waals surface area contributed by atoms with Crippen LogP contribution < -0.4 is 9.47 Å². The Kier molecular flexibility index (Phi) is 4.96. The van der Waals surface area contributed by atoms with Crippen molar-refractivity contribution in [2.75, 3.05) is 14.2 Å². The number of alkyl halides is 1. The third-order valence-corrected chi connectivity index (χ3v) is 4.06. The van der Waals surface area contributed by atoms with E-state index in [1.165, 1.54) is 6.07 Å². The molecular formula is C16H15Cl2FO2. The van der Waals surface area contributed by atoms with E-state index in [-0.39, 0.29) is 10.8 Å². The largest absolute Gasteiger partial charge is 0.497 e. The van der Waals surface area contributed by atoms with Crippen molar-refractivity contribution in [3.8, 4) is 11.5 Å². The lowest BCUT2D eigenvalue weighted by Gasteiger charge is -2.17. The Morgan fingerprint density at radius 3 is 2.38 bits per heavy atom. The monoisotopic (exact) mass is 328 g/mol. The van der Waals surface area contributed by atoms with Crippen molar-refractivity contribution in [2.45, 2.75) is 12.3 Å². The molecule has 0 spiro atoms. The highest BCUT2D eigenvalue weighted by Crippen LogP contribution is 2.40. The van der Waals surface area contributed by atoms with E-state index in [0.29, 0.717) is 28.2 Å². The van der Waals surface area contributed by atoms with E-state index in [1.54, 1.807) is 45.4 Å². The van der Waals surface area contributed by atoms with Gasteiger partial charge in [0, 0.05) is 10.6 Å². The van der Waals surface area contributed by atoms with Crippen LogP contribution in [0.4, 0.5) is 4.39 Å². The number of rotatable bonds is 4. The summed E-state index contributed by atoms with van der Waals surface area (Å²) in [6.07, 6.45) is 0. The van der Waals surface area contributed by atoms with Gasteiger partial charge in [-0.25, -0.2) is 4.39 Å². The zero-order valence-electron chi connectivity index (χ0n) is 11.9. The third kappa shape index (κ3) is 3.25. The number of benzene rings is 2. The molecule has 1 atom stereocenters. The van der Waals surface area contributed by atoms with E-state index in [9.17, 15) is 4.39 Å². The van der Waals surface area contributed by atoms with Crippen molar-refractivity contribution in [3.05, 3.63) is 57.9 Å². The van der Waals surface area contributed by atoms with E-state index in [0.717, 1.165) is 0 Å². The predicted molar refractivity (Wildman–Crippen MR) is 83.4 cm³/mol. The van der Waals surface area contributed by atoms with Crippen molar-refractivity contribution in [2.24, 2.45) is 0 Å². The Balaban J connectivity index is 2.53. The molecule has 2 aromatic carbocycles. The van der Waals surface area contributed by atoms with Crippen molar-refractivity contribution < 1.29 is 13.9 Å². The second kappa shape index (κ2) is 6.54. The molecule has 0 amide bonds. The molecule has 2 nitrogen and oxygen atoms in total. The molecule has 0 fully saturated rings. The molecule has 0 aliphatic rings. The van der Waals surface area contributed by atoms with E-state index >= 15 is 0 Å². The first-order valence-corrected chi connectivity index (χ1v) is 7.11. The van der Waals surface area contributed by atoms with E-state index in [1.807, 2.05) is 0 Å². The maximum Gasteiger partial charge on any atom is 0.127 e. The summed E-state index contributed by atoms with van der Waals surface area (Å²) in [5.41, 5.74) is 1.83. The second-order valence-corrected chi connectivity index (χ2v) is 5.44. The molecule has 112 valence electrons. The highest BCUT2D eigenvalue weighted by Gasteiger charge is 2.20. The summed E-state index contributed by atoms with van der Waals surface area (Å²) in [5, 5.41) is -0.287. The summed E-state index contributed by atoms with van der Waals surface area (Å²) in [6, 6.07) is 8.26. The maximum absolute atomic E-state index is 13.5. The standard InChI is InChI=1S/C16H15Cl2FO2/c1-9-6-11(13(17)8-14(9)19)16(18)12-7-10(20-2)4-5-15(12)21-3/h4-8,16H,1-3H3. The average molecular weight is 329 g/mol. The van der Waals surface area contributed by atoms with Gasteiger partial charge in [0.05, 0.1) is 19.6 Å². The van der Waals surface area contributed by atoms with Crippen LogP contribution in [0.2, 0.25) is 5.02 Å². The molecule has 0 N–H and O–H groups in total. The number of methoxy groups -OCH3 is 2. The molecule has 0 aliphatic heterocycles. The molecule has 0 saturated heterocycles. The van der Waals surface area contributed by atoms with Crippen molar-refractivity contribution in [3.63, 3.8) is 0 Å². The number of hydrogen-bond donors (Lipinski definition) is 0. The summed E-state index contributed by atoms with van der Waals surface area (Å²) in [6.45, 7) is 1.67. The Hall–Kier alpha value is -1.45. The first-order valence-electron chi connectivity index (χ1n) is 6.29. The molecule has 0 aliphatic carbocycles. The molecule has 0 bridgehead atoms. The highest BCUT2D eigenvalue weighted by molar-refractivity contribution is 6.33. The minimum Gasteiger partial charge on any atom is -0.497 e. The van der Waals surface area contributed by atoms with Crippen LogP contribution in [-0.4, -0.2) is 14.2 Å². The lowest BCUT2D eigenvalue weighted by Crippen LogP contribution is -2.00. The molecule has 21 heavy (non-hydrogen) atoms.